The van der Waals surface area contributed by atoms with Crippen molar-refractivity contribution < 1.29 is 0 Å². The van der Waals surface area contributed by atoms with Gasteiger partial charge in [-0.3, -0.25) is 9.36 Å². The minimum absolute atomic E-state index is 0.0968. The highest BCUT2D eigenvalue weighted by Gasteiger charge is 2.29. The van der Waals surface area contributed by atoms with Gasteiger partial charge in [0.1, 0.15) is 5.82 Å². The largest absolute Gasteiger partial charge is 0.315 e. The van der Waals surface area contributed by atoms with Crippen molar-refractivity contribution in [2.75, 3.05) is 0 Å². The van der Waals surface area contributed by atoms with Gasteiger partial charge < -0.3 is 4.57 Å². The van der Waals surface area contributed by atoms with Gasteiger partial charge in [-0.25, -0.2) is 9.97 Å². The molecular formula is C22H27ClN4O. The second kappa shape index (κ2) is 7.70. The summed E-state index contributed by atoms with van der Waals surface area (Å²) < 4.78 is 3.71. The van der Waals surface area contributed by atoms with Crippen molar-refractivity contribution in [3.05, 3.63) is 51.8 Å². The summed E-state index contributed by atoms with van der Waals surface area (Å²) in [5, 5.41) is 0.653. The van der Waals surface area contributed by atoms with Gasteiger partial charge in [0, 0.05) is 17.5 Å². The van der Waals surface area contributed by atoms with E-state index in [-0.39, 0.29) is 11.5 Å². The molecule has 1 aromatic carbocycles. The Morgan fingerprint density at radius 3 is 2.43 bits per heavy atom. The fraction of sp³-hybridized carbons (Fsp3) is 0.500. The first kappa shape index (κ1) is 19.2. The maximum absolute atomic E-state index is 13.4. The summed E-state index contributed by atoms with van der Waals surface area (Å²) in [6.07, 6.45) is 6.21. The number of halogens is 1. The molecule has 6 heteroatoms. The Balaban J connectivity index is 1.86. The van der Waals surface area contributed by atoms with Gasteiger partial charge in [0.05, 0.1) is 12.0 Å². The Labute approximate surface area is 170 Å². The van der Waals surface area contributed by atoms with E-state index in [2.05, 4.69) is 18.8 Å². The van der Waals surface area contributed by atoms with Crippen LogP contribution in [0.1, 0.15) is 58.2 Å². The van der Waals surface area contributed by atoms with E-state index in [1.165, 1.54) is 12.8 Å². The third-order valence-corrected chi connectivity index (χ3v) is 6.42. The average molecular weight is 399 g/mol. The molecule has 28 heavy (non-hydrogen) atoms. The lowest BCUT2D eigenvalue weighted by Gasteiger charge is -2.31. The molecule has 0 saturated heterocycles. The van der Waals surface area contributed by atoms with Gasteiger partial charge in [0.2, 0.25) is 0 Å². The number of aromatic nitrogens is 4. The number of aryl methyl sites for hydroxylation is 1. The summed E-state index contributed by atoms with van der Waals surface area (Å²) in [6.45, 7) is 7.39. The predicted molar refractivity (Wildman–Crippen MR) is 113 cm³/mol. The third-order valence-electron chi connectivity index (χ3n) is 6.17. The van der Waals surface area contributed by atoms with Crippen molar-refractivity contribution in [2.45, 2.75) is 58.9 Å². The number of fused-ring (bicyclic) bond motifs is 1. The van der Waals surface area contributed by atoms with Gasteiger partial charge in [0.25, 0.3) is 5.56 Å². The second-order valence-corrected chi connectivity index (χ2v) is 8.58. The van der Waals surface area contributed by atoms with Crippen molar-refractivity contribution in [3.63, 3.8) is 0 Å². The van der Waals surface area contributed by atoms with Crippen LogP contribution in [0.3, 0.4) is 0 Å². The van der Waals surface area contributed by atoms with E-state index in [9.17, 15) is 4.79 Å². The first-order chi connectivity index (χ1) is 13.5. The smallest absolute Gasteiger partial charge is 0.286 e. The van der Waals surface area contributed by atoms with Crippen LogP contribution in [0.5, 0.6) is 0 Å². The van der Waals surface area contributed by atoms with Crippen LogP contribution in [0.2, 0.25) is 5.02 Å². The molecule has 0 unspecified atom stereocenters. The zero-order chi connectivity index (χ0) is 19.8. The number of hydrogen-bond donors (Lipinski definition) is 0. The van der Waals surface area contributed by atoms with E-state index in [0.29, 0.717) is 22.1 Å². The molecule has 148 valence electrons. The highest BCUT2D eigenvalue weighted by molar-refractivity contribution is 6.30. The van der Waals surface area contributed by atoms with Gasteiger partial charge >= 0.3 is 0 Å². The van der Waals surface area contributed by atoms with Crippen LogP contribution in [0.4, 0.5) is 0 Å². The SMILES string of the molecule is CCn1cnc2c(=O)n(-c3ccc(Cl)cc3)c(C3CCC(C(C)C)CC3)nc21. The van der Waals surface area contributed by atoms with E-state index in [4.69, 9.17) is 16.6 Å². The van der Waals surface area contributed by atoms with E-state index in [1.54, 1.807) is 10.9 Å². The molecule has 0 amide bonds. The number of rotatable bonds is 4. The molecule has 2 aromatic heterocycles. The van der Waals surface area contributed by atoms with Crippen LogP contribution in [0.15, 0.2) is 35.4 Å². The summed E-state index contributed by atoms with van der Waals surface area (Å²) in [5.41, 5.74) is 1.83. The monoisotopic (exact) mass is 398 g/mol. The lowest BCUT2D eigenvalue weighted by Crippen LogP contribution is -2.28. The lowest BCUT2D eigenvalue weighted by molar-refractivity contribution is 0.253. The Morgan fingerprint density at radius 2 is 1.82 bits per heavy atom. The zero-order valence-electron chi connectivity index (χ0n) is 16.7. The number of benzene rings is 1. The van der Waals surface area contributed by atoms with E-state index in [0.717, 1.165) is 36.8 Å². The van der Waals surface area contributed by atoms with Crippen molar-refractivity contribution in [1.29, 1.82) is 0 Å². The Hall–Kier alpha value is -2.14. The van der Waals surface area contributed by atoms with Crippen LogP contribution in [-0.2, 0) is 6.54 Å². The summed E-state index contributed by atoms with van der Waals surface area (Å²) in [7, 11) is 0. The van der Waals surface area contributed by atoms with Gasteiger partial charge in [-0.1, -0.05) is 25.4 Å². The molecule has 1 saturated carbocycles. The van der Waals surface area contributed by atoms with E-state index < -0.39 is 0 Å². The molecule has 0 atom stereocenters. The Morgan fingerprint density at radius 1 is 1.14 bits per heavy atom. The lowest BCUT2D eigenvalue weighted by atomic mass is 9.76. The minimum Gasteiger partial charge on any atom is -0.315 e. The average Bonchev–Trinajstić information content (AvgIpc) is 3.12. The molecule has 0 N–H and O–H groups in total. The zero-order valence-corrected chi connectivity index (χ0v) is 17.5. The van der Waals surface area contributed by atoms with Gasteiger partial charge in [-0.2, -0.15) is 0 Å². The summed E-state index contributed by atoms with van der Waals surface area (Å²) in [5.74, 6) is 2.61. The Kier molecular flexibility index (Phi) is 5.28. The van der Waals surface area contributed by atoms with Crippen molar-refractivity contribution in [3.8, 4) is 5.69 Å². The molecule has 3 aromatic rings. The van der Waals surface area contributed by atoms with Gasteiger partial charge in [-0.05, 0) is 68.7 Å². The minimum atomic E-state index is -0.0968. The van der Waals surface area contributed by atoms with Crippen LogP contribution in [0.25, 0.3) is 16.9 Å². The topological polar surface area (TPSA) is 52.7 Å². The van der Waals surface area contributed by atoms with Crippen LogP contribution >= 0.6 is 11.6 Å². The molecule has 5 nitrogen and oxygen atoms in total. The molecule has 0 aliphatic heterocycles. The second-order valence-electron chi connectivity index (χ2n) is 8.15. The molecule has 1 fully saturated rings. The highest BCUT2D eigenvalue weighted by Crippen LogP contribution is 2.38. The first-order valence-electron chi connectivity index (χ1n) is 10.2. The molecule has 1 aliphatic rings. The normalized spacial score (nSPS) is 20.2. The molecule has 4 rings (SSSR count). The van der Waals surface area contributed by atoms with Gasteiger partial charge in [-0.15, -0.1) is 0 Å². The predicted octanol–water partition coefficient (Wildman–Crippen LogP) is 5.19. The molecular weight excluding hydrogens is 372 g/mol. The van der Waals surface area contributed by atoms with Crippen molar-refractivity contribution in [2.24, 2.45) is 11.8 Å². The van der Waals surface area contributed by atoms with Crippen LogP contribution in [0, 0.1) is 11.8 Å². The quantitative estimate of drug-likeness (QED) is 0.608. The maximum Gasteiger partial charge on any atom is 0.286 e. The number of nitrogens with zero attached hydrogens (tertiary/aromatic N) is 4. The fourth-order valence-corrected chi connectivity index (χ4v) is 4.53. The number of hydrogen-bond acceptors (Lipinski definition) is 3. The summed E-state index contributed by atoms with van der Waals surface area (Å²) in [6, 6.07) is 7.41. The Bertz CT molecular complexity index is 1030. The van der Waals surface area contributed by atoms with Gasteiger partial charge in [0.15, 0.2) is 11.2 Å². The van der Waals surface area contributed by atoms with Crippen molar-refractivity contribution >= 4 is 22.8 Å². The molecule has 0 bridgehead atoms. The first-order valence-corrected chi connectivity index (χ1v) is 10.6. The molecule has 0 radical (unpaired) electrons. The third kappa shape index (κ3) is 3.37. The number of imidazole rings is 1. The highest BCUT2D eigenvalue weighted by atomic mass is 35.5. The molecule has 1 aliphatic carbocycles. The van der Waals surface area contributed by atoms with Crippen LogP contribution in [-0.4, -0.2) is 19.1 Å². The standard InChI is InChI=1S/C22H27ClN4O/c1-4-26-13-24-19-21(26)25-20(16-7-5-15(6-8-16)14(2)3)27(22(19)28)18-11-9-17(23)10-12-18/h9-16H,4-8H2,1-3H3. The van der Waals surface area contributed by atoms with E-state index in [1.807, 2.05) is 35.8 Å². The van der Waals surface area contributed by atoms with E-state index >= 15 is 0 Å². The molecule has 0 spiro atoms. The van der Waals surface area contributed by atoms with Crippen molar-refractivity contribution in [1.82, 2.24) is 19.1 Å². The maximum atomic E-state index is 13.4. The summed E-state index contributed by atoms with van der Waals surface area (Å²) in [4.78, 5) is 22.7. The fourth-order valence-electron chi connectivity index (χ4n) is 4.40. The molecule has 2 heterocycles. The summed E-state index contributed by atoms with van der Waals surface area (Å²) >= 11 is 6.07. The van der Waals surface area contributed by atoms with Crippen LogP contribution < -0.4 is 5.56 Å².